The Balaban J connectivity index is 1.49. The van der Waals surface area contributed by atoms with Crippen LogP contribution in [0.5, 0.6) is 17.2 Å². The predicted molar refractivity (Wildman–Crippen MR) is 127 cm³/mol. The summed E-state index contributed by atoms with van der Waals surface area (Å²) in [5.41, 5.74) is -2.47. The molecule has 0 spiro atoms. The molecule has 4 N–H and O–H groups in total. The SMILES string of the molecule is COc1cccc2c1C(=O)c1c(O)c3c(c(O)c1C2=O)C[C@@](O)(C(C)O)C[C@@H]3OC1CC(OC)C2OC2O1. The molecule has 38 heavy (non-hydrogen) atoms. The zero-order valence-corrected chi connectivity index (χ0v) is 21.0. The van der Waals surface area contributed by atoms with Crippen LogP contribution in [0.4, 0.5) is 0 Å². The fourth-order valence-corrected chi connectivity index (χ4v) is 5.89. The Morgan fingerprint density at radius 2 is 1.79 bits per heavy atom. The van der Waals surface area contributed by atoms with Gasteiger partial charge in [-0.2, -0.15) is 0 Å². The molecule has 2 heterocycles. The molecule has 11 heteroatoms. The number of phenolic OH excluding ortho intramolecular Hbond substituents is 2. The van der Waals surface area contributed by atoms with Gasteiger partial charge in [0, 0.05) is 43.1 Å². The highest BCUT2D eigenvalue weighted by atomic mass is 16.8. The number of fused-ring (bicyclic) bond motifs is 4. The molecule has 0 bridgehead atoms. The lowest BCUT2D eigenvalue weighted by atomic mass is 9.71. The van der Waals surface area contributed by atoms with Crippen molar-refractivity contribution in [3.63, 3.8) is 0 Å². The number of carbonyl (C=O) groups is 2. The quantitative estimate of drug-likeness (QED) is 0.280. The van der Waals surface area contributed by atoms with Gasteiger partial charge in [0.25, 0.3) is 0 Å². The first-order valence-electron chi connectivity index (χ1n) is 12.4. The number of ketones is 2. The van der Waals surface area contributed by atoms with Crippen LogP contribution in [0, 0.1) is 0 Å². The van der Waals surface area contributed by atoms with E-state index in [0.29, 0.717) is 0 Å². The molecule has 2 aliphatic heterocycles. The number of aliphatic hydroxyl groups excluding tert-OH is 1. The average Bonchev–Trinajstić information content (AvgIpc) is 3.67. The number of rotatable bonds is 5. The van der Waals surface area contributed by atoms with E-state index in [2.05, 4.69) is 0 Å². The van der Waals surface area contributed by atoms with Crippen molar-refractivity contribution in [3.8, 4) is 17.2 Å². The normalized spacial score (nSPS) is 32.1. The highest BCUT2D eigenvalue weighted by Gasteiger charge is 2.54. The van der Waals surface area contributed by atoms with Crippen molar-refractivity contribution in [1.29, 1.82) is 0 Å². The standard InChI is InChI=1S/C27H28O11/c1-10(28)27(33)8-12-18(15(9-27)36-16-7-14(35-3)25-26(37-16)38-25)24(32)20-19(22(12)30)21(29)11-5-4-6-13(34-2)17(11)23(20)31/h4-6,10,14-16,25-26,28,30,32-33H,7-9H2,1-3H3/t10?,14?,15-,16?,25?,26?,27-/m0/s1. The number of epoxide rings is 1. The van der Waals surface area contributed by atoms with Crippen LogP contribution in [0.3, 0.4) is 0 Å². The van der Waals surface area contributed by atoms with Gasteiger partial charge in [-0.15, -0.1) is 0 Å². The lowest BCUT2D eigenvalue weighted by Gasteiger charge is -2.42. The fourth-order valence-electron chi connectivity index (χ4n) is 5.89. The van der Waals surface area contributed by atoms with Crippen molar-refractivity contribution >= 4 is 11.6 Å². The third-order valence-corrected chi connectivity index (χ3v) is 8.06. The topological polar surface area (TPSA) is 165 Å². The lowest BCUT2D eigenvalue weighted by Crippen LogP contribution is -2.48. The Bertz CT molecular complexity index is 1350. The van der Waals surface area contributed by atoms with Crippen molar-refractivity contribution in [3.05, 3.63) is 51.6 Å². The van der Waals surface area contributed by atoms with Gasteiger partial charge in [-0.25, -0.2) is 0 Å². The van der Waals surface area contributed by atoms with Gasteiger partial charge in [0.05, 0.1) is 47.7 Å². The maximum Gasteiger partial charge on any atom is 0.202 e. The number of methoxy groups -OCH3 is 2. The molecule has 0 amide bonds. The Kier molecular flexibility index (Phi) is 5.80. The number of benzene rings is 2. The van der Waals surface area contributed by atoms with E-state index in [1.807, 2.05) is 0 Å². The van der Waals surface area contributed by atoms with Gasteiger partial charge in [0.15, 0.2) is 18.4 Å². The van der Waals surface area contributed by atoms with Crippen molar-refractivity contribution < 1.29 is 53.7 Å². The minimum atomic E-state index is -1.77. The van der Waals surface area contributed by atoms with Crippen molar-refractivity contribution in [1.82, 2.24) is 0 Å². The smallest absolute Gasteiger partial charge is 0.202 e. The van der Waals surface area contributed by atoms with Crippen molar-refractivity contribution in [2.24, 2.45) is 0 Å². The molecule has 7 atom stereocenters. The summed E-state index contributed by atoms with van der Waals surface area (Å²) in [6.45, 7) is 1.40. The molecule has 0 radical (unpaired) electrons. The van der Waals surface area contributed by atoms with Crippen LogP contribution in [-0.4, -0.2) is 82.7 Å². The molecule has 5 unspecified atom stereocenters. The summed E-state index contributed by atoms with van der Waals surface area (Å²) in [6.07, 6.45) is -4.46. The molecule has 4 aliphatic rings. The van der Waals surface area contributed by atoms with Crippen LogP contribution < -0.4 is 4.74 Å². The number of hydrogen-bond donors (Lipinski definition) is 4. The minimum Gasteiger partial charge on any atom is -0.507 e. The van der Waals surface area contributed by atoms with Crippen LogP contribution in [0.25, 0.3) is 0 Å². The Morgan fingerprint density at radius 1 is 1.05 bits per heavy atom. The third kappa shape index (κ3) is 3.58. The van der Waals surface area contributed by atoms with E-state index in [9.17, 15) is 30.0 Å². The van der Waals surface area contributed by atoms with E-state index in [0.717, 1.165) is 0 Å². The van der Waals surface area contributed by atoms with E-state index < -0.39 is 53.5 Å². The molecule has 2 aliphatic carbocycles. The Hall–Kier alpha value is -3.06. The first-order chi connectivity index (χ1) is 18.1. The van der Waals surface area contributed by atoms with E-state index in [1.165, 1.54) is 26.2 Å². The summed E-state index contributed by atoms with van der Waals surface area (Å²) in [4.78, 5) is 27.2. The summed E-state index contributed by atoms with van der Waals surface area (Å²) in [7, 11) is 2.90. The minimum absolute atomic E-state index is 0.00745. The molecule has 2 fully saturated rings. The number of carbonyl (C=O) groups excluding carboxylic acids is 2. The third-order valence-electron chi connectivity index (χ3n) is 8.06. The van der Waals surface area contributed by atoms with Gasteiger partial charge in [-0.3, -0.25) is 9.59 Å². The number of phenols is 2. The van der Waals surface area contributed by atoms with Gasteiger partial charge < -0.3 is 44.1 Å². The molecule has 0 saturated carbocycles. The maximum absolute atomic E-state index is 13.7. The highest BCUT2D eigenvalue weighted by molar-refractivity contribution is 6.31. The number of aliphatic hydroxyl groups is 2. The maximum atomic E-state index is 13.7. The first kappa shape index (κ1) is 25.2. The summed E-state index contributed by atoms with van der Waals surface area (Å²) in [6, 6.07) is 4.51. The van der Waals surface area contributed by atoms with Crippen LogP contribution in [0.15, 0.2) is 18.2 Å². The average molecular weight is 529 g/mol. The zero-order chi connectivity index (χ0) is 27.1. The van der Waals surface area contributed by atoms with E-state index >= 15 is 0 Å². The molecule has 2 aromatic rings. The van der Waals surface area contributed by atoms with E-state index in [1.54, 1.807) is 13.2 Å². The molecule has 202 valence electrons. The summed E-state index contributed by atoms with van der Waals surface area (Å²) in [5.74, 6) is -2.32. The Labute approximate surface area is 217 Å². The second kappa shape index (κ2) is 8.73. The predicted octanol–water partition coefficient (Wildman–Crippen LogP) is 1.48. The van der Waals surface area contributed by atoms with E-state index in [4.69, 9.17) is 23.7 Å². The fraction of sp³-hybridized carbons (Fsp3) is 0.481. The van der Waals surface area contributed by atoms with Crippen LogP contribution in [0.1, 0.15) is 68.8 Å². The van der Waals surface area contributed by atoms with Crippen LogP contribution in [-0.2, 0) is 25.4 Å². The van der Waals surface area contributed by atoms with Gasteiger partial charge in [-0.1, -0.05) is 12.1 Å². The van der Waals surface area contributed by atoms with Crippen molar-refractivity contribution in [2.75, 3.05) is 14.2 Å². The summed E-state index contributed by atoms with van der Waals surface area (Å²) < 4.78 is 28.2. The summed E-state index contributed by atoms with van der Waals surface area (Å²) in [5, 5.41) is 44.7. The number of aromatic hydroxyl groups is 2. The molecule has 0 aromatic heterocycles. The van der Waals surface area contributed by atoms with E-state index in [-0.39, 0.29) is 70.6 Å². The van der Waals surface area contributed by atoms with Gasteiger partial charge in [0.2, 0.25) is 5.78 Å². The van der Waals surface area contributed by atoms with Gasteiger partial charge in [0.1, 0.15) is 23.4 Å². The second-order valence-corrected chi connectivity index (χ2v) is 10.2. The van der Waals surface area contributed by atoms with Gasteiger partial charge >= 0.3 is 0 Å². The largest absolute Gasteiger partial charge is 0.507 e. The van der Waals surface area contributed by atoms with Crippen LogP contribution >= 0.6 is 0 Å². The van der Waals surface area contributed by atoms with Crippen molar-refractivity contribution in [2.45, 2.75) is 68.8 Å². The zero-order valence-electron chi connectivity index (χ0n) is 21.0. The number of ether oxygens (including phenoxy) is 5. The second-order valence-electron chi connectivity index (χ2n) is 10.2. The Morgan fingerprint density at radius 3 is 2.47 bits per heavy atom. The number of hydrogen-bond acceptors (Lipinski definition) is 11. The van der Waals surface area contributed by atoms with Crippen LogP contribution in [0.2, 0.25) is 0 Å². The molecule has 6 rings (SSSR count). The molecule has 11 nitrogen and oxygen atoms in total. The molecular weight excluding hydrogens is 500 g/mol. The van der Waals surface area contributed by atoms with Gasteiger partial charge in [-0.05, 0) is 13.0 Å². The molecular formula is C27H28O11. The summed E-state index contributed by atoms with van der Waals surface area (Å²) >= 11 is 0. The first-order valence-corrected chi connectivity index (χ1v) is 12.4. The molecule has 2 aromatic carbocycles. The lowest BCUT2D eigenvalue weighted by molar-refractivity contribution is -0.230. The monoisotopic (exact) mass is 528 g/mol. The molecule has 2 saturated heterocycles. The highest BCUT2D eigenvalue weighted by Crippen LogP contribution is 2.53.